The average molecular weight is 335 g/mol. The Morgan fingerprint density at radius 1 is 1.33 bits per heavy atom. The molecule has 0 aliphatic carbocycles. The van der Waals surface area contributed by atoms with Gasteiger partial charge in [0.15, 0.2) is 6.61 Å². The second kappa shape index (κ2) is 7.76. The van der Waals surface area contributed by atoms with E-state index in [1.165, 1.54) is 12.1 Å². The summed E-state index contributed by atoms with van der Waals surface area (Å²) in [4.78, 5) is 36.2. The van der Waals surface area contributed by atoms with E-state index in [4.69, 9.17) is 4.74 Å². The van der Waals surface area contributed by atoms with E-state index in [1.807, 2.05) is 4.90 Å². The van der Waals surface area contributed by atoms with E-state index in [1.54, 1.807) is 19.9 Å². The summed E-state index contributed by atoms with van der Waals surface area (Å²) in [6.07, 6.45) is 1.98. The first kappa shape index (κ1) is 17.7. The average Bonchev–Trinajstić information content (AvgIpc) is 3.05. The van der Waals surface area contributed by atoms with Gasteiger partial charge in [0, 0.05) is 25.2 Å². The molecule has 0 spiro atoms. The van der Waals surface area contributed by atoms with E-state index < -0.39 is 23.4 Å². The van der Waals surface area contributed by atoms with Gasteiger partial charge in [0.05, 0.1) is 10.5 Å². The van der Waals surface area contributed by atoms with Gasteiger partial charge in [0.1, 0.15) is 5.69 Å². The van der Waals surface area contributed by atoms with E-state index in [0.29, 0.717) is 5.69 Å². The highest BCUT2D eigenvalue weighted by atomic mass is 16.6. The molecule has 1 fully saturated rings. The number of esters is 1. The number of benzene rings is 1. The zero-order valence-electron chi connectivity index (χ0n) is 13.8. The van der Waals surface area contributed by atoms with Gasteiger partial charge in [-0.25, -0.2) is 4.79 Å². The fourth-order valence-corrected chi connectivity index (χ4v) is 2.60. The van der Waals surface area contributed by atoms with Crippen LogP contribution in [0.5, 0.6) is 0 Å². The van der Waals surface area contributed by atoms with Gasteiger partial charge >= 0.3 is 5.97 Å². The van der Waals surface area contributed by atoms with Crippen molar-refractivity contribution in [3.8, 4) is 0 Å². The first-order valence-electron chi connectivity index (χ1n) is 7.88. The highest BCUT2D eigenvalue weighted by Crippen LogP contribution is 2.31. The Labute approximate surface area is 139 Å². The predicted octanol–water partition coefficient (Wildman–Crippen LogP) is 1.88. The predicted molar refractivity (Wildman–Crippen MR) is 88.1 cm³/mol. The molecule has 0 atom stereocenters. The number of carbonyl (C=O) groups excluding carboxylic acids is 2. The molecule has 0 unspecified atom stereocenters. The van der Waals surface area contributed by atoms with Crippen LogP contribution in [0, 0.1) is 10.1 Å². The zero-order valence-corrected chi connectivity index (χ0v) is 13.8. The normalized spacial score (nSPS) is 13.9. The van der Waals surface area contributed by atoms with Crippen molar-refractivity contribution in [3.05, 3.63) is 33.9 Å². The Bertz CT molecular complexity index is 639. The number of carbonyl (C=O) groups is 2. The van der Waals surface area contributed by atoms with Crippen LogP contribution in [0.1, 0.15) is 37.0 Å². The summed E-state index contributed by atoms with van der Waals surface area (Å²) in [5, 5.41) is 13.9. The van der Waals surface area contributed by atoms with E-state index in [9.17, 15) is 19.7 Å². The lowest BCUT2D eigenvalue weighted by atomic mass is 10.1. The quantitative estimate of drug-likeness (QED) is 0.484. The van der Waals surface area contributed by atoms with Gasteiger partial charge in [-0.1, -0.05) is 0 Å². The first-order valence-corrected chi connectivity index (χ1v) is 7.88. The molecule has 8 heteroatoms. The van der Waals surface area contributed by atoms with Crippen LogP contribution >= 0.6 is 0 Å². The summed E-state index contributed by atoms with van der Waals surface area (Å²) in [6, 6.07) is 4.20. The molecule has 1 saturated heterocycles. The fraction of sp³-hybridized carbons (Fsp3) is 0.500. The summed E-state index contributed by atoms with van der Waals surface area (Å²) in [6.45, 7) is 4.69. The molecule has 0 bridgehead atoms. The second-order valence-corrected chi connectivity index (χ2v) is 5.95. The Morgan fingerprint density at radius 3 is 2.58 bits per heavy atom. The minimum atomic E-state index is -0.759. The third kappa shape index (κ3) is 4.43. The number of ether oxygens (including phenoxy) is 1. The van der Waals surface area contributed by atoms with Crippen LogP contribution in [0.4, 0.5) is 11.4 Å². The zero-order chi connectivity index (χ0) is 17.7. The Balaban J connectivity index is 2.10. The molecule has 2 rings (SSSR count). The molecule has 1 aliphatic heterocycles. The third-order valence-corrected chi connectivity index (χ3v) is 3.64. The largest absolute Gasteiger partial charge is 0.452 e. The van der Waals surface area contributed by atoms with Crippen LogP contribution in [0.15, 0.2) is 18.2 Å². The Morgan fingerprint density at radius 2 is 2.00 bits per heavy atom. The summed E-state index contributed by atoms with van der Waals surface area (Å²) < 4.78 is 4.90. The topological polar surface area (TPSA) is 102 Å². The van der Waals surface area contributed by atoms with Crippen molar-refractivity contribution in [2.45, 2.75) is 32.7 Å². The third-order valence-electron chi connectivity index (χ3n) is 3.64. The number of hydrogen-bond donors (Lipinski definition) is 1. The minimum absolute atomic E-state index is 0.0574. The van der Waals surface area contributed by atoms with Gasteiger partial charge in [-0.15, -0.1) is 0 Å². The van der Waals surface area contributed by atoms with E-state index in [0.717, 1.165) is 25.9 Å². The summed E-state index contributed by atoms with van der Waals surface area (Å²) in [5.74, 6) is -1.17. The maximum absolute atomic E-state index is 12.0. The smallest absolute Gasteiger partial charge is 0.338 e. The van der Waals surface area contributed by atoms with Crippen molar-refractivity contribution in [3.63, 3.8) is 0 Å². The van der Waals surface area contributed by atoms with Crippen LogP contribution in [-0.2, 0) is 9.53 Å². The monoisotopic (exact) mass is 335 g/mol. The number of nitrogens with one attached hydrogen (secondary N) is 1. The number of hydrogen-bond acceptors (Lipinski definition) is 6. The molecule has 130 valence electrons. The molecule has 8 nitrogen and oxygen atoms in total. The molecule has 1 aromatic rings. The van der Waals surface area contributed by atoms with Crippen LogP contribution in [0.2, 0.25) is 0 Å². The molecule has 1 aliphatic rings. The highest BCUT2D eigenvalue weighted by molar-refractivity contribution is 5.93. The lowest BCUT2D eigenvalue weighted by Crippen LogP contribution is -2.34. The van der Waals surface area contributed by atoms with Gasteiger partial charge in [-0.2, -0.15) is 0 Å². The fourth-order valence-electron chi connectivity index (χ4n) is 2.60. The Kier molecular flexibility index (Phi) is 5.73. The molecule has 24 heavy (non-hydrogen) atoms. The second-order valence-electron chi connectivity index (χ2n) is 5.95. The van der Waals surface area contributed by atoms with Crippen molar-refractivity contribution in [2.75, 3.05) is 24.6 Å². The van der Waals surface area contributed by atoms with Crippen molar-refractivity contribution >= 4 is 23.3 Å². The van der Waals surface area contributed by atoms with Crippen LogP contribution < -0.4 is 10.2 Å². The molecule has 0 aromatic heterocycles. The van der Waals surface area contributed by atoms with Gasteiger partial charge in [0.2, 0.25) is 0 Å². The van der Waals surface area contributed by atoms with Gasteiger partial charge < -0.3 is 15.0 Å². The lowest BCUT2D eigenvalue weighted by Gasteiger charge is -2.17. The standard InChI is InChI=1S/C16H21N3O5/c1-11(2)17-15(20)10-24-16(21)12-5-6-13(14(9-12)19(22)23)18-7-3-4-8-18/h5-6,9,11H,3-4,7-8,10H2,1-2H3,(H,17,20). The van der Waals surface area contributed by atoms with Gasteiger partial charge in [0.25, 0.3) is 11.6 Å². The maximum atomic E-state index is 12.0. The highest BCUT2D eigenvalue weighted by Gasteiger charge is 2.24. The number of anilines is 1. The lowest BCUT2D eigenvalue weighted by molar-refractivity contribution is -0.384. The number of amides is 1. The molecule has 1 heterocycles. The number of nitrogens with zero attached hydrogens (tertiary/aromatic N) is 2. The molecular weight excluding hydrogens is 314 g/mol. The van der Waals surface area contributed by atoms with Crippen LogP contribution in [0.25, 0.3) is 0 Å². The van der Waals surface area contributed by atoms with Crippen LogP contribution in [0.3, 0.4) is 0 Å². The number of nitro groups is 1. The number of nitro benzene ring substituents is 1. The Hall–Kier alpha value is -2.64. The van der Waals surface area contributed by atoms with Gasteiger partial charge in [-0.3, -0.25) is 14.9 Å². The molecular formula is C16H21N3O5. The van der Waals surface area contributed by atoms with E-state index in [-0.39, 0.29) is 17.3 Å². The van der Waals surface area contributed by atoms with Crippen molar-refractivity contribution in [2.24, 2.45) is 0 Å². The first-order chi connectivity index (χ1) is 11.4. The SMILES string of the molecule is CC(C)NC(=O)COC(=O)c1ccc(N2CCCC2)c([N+](=O)[O-])c1. The summed E-state index contributed by atoms with van der Waals surface area (Å²) in [7, 11) is 0. The van der Waals surface area contributed by atoms with Crippen molar-refractivity contribution in [1.82, 2.24) is 5.32 Å². The number of rotatable bonds is 6. The molecule has 0 saturated carbocycles. The molecule has 1 amide bonds. The minimum Gasteiger partial charge on any atom is -0.452 e. The van der Waals surface area contributed by atoms with Crippen molar-refractivity contribution < 1.29 is 19.2 Å². The maximum Gasteiger partial charge on any atom is 0.338 e. The summed E-state index contributed by atoms with van der Waals surface area (Å²) >= 11 is 0. The van der Waals surface area contributed by atoms with Gasteiger partial charge in [-0.05, 0) is 38.8 Å². The molecule has 1 N–H and O–H groups in total. The summed E-state index contributed by atoms with van der Waals surface area (Å²) in [5.41, 5.74) is 0.437. The molecule has 1 aromatic carbocycles. The van der Waals surface area contributed by atoms with E-state index in [2.05, 4.69) is 5.32 Å². The van der Waals surface area contributed by atoms with Crippen molar-refractivity contribution in [1.29, 1.82) is 0 Å². The van der Waals surface area contributed by atoms with Crippen LogP contribution in [-0.4, -0.2) is 42.5 Å². The van der Waals surface area contributed by atoms with E-state index >= 15 is 0 Å². The molecule has 0 radical (unpaired) electrons.